The van der Waals surface area contributed by atoms with E-state index in [0.717, 1.165) is 5.69 Å². The molecule has 3 heteroatoms. The number of nitrogens with two attached hydrogens (primary N) is 1. The fraction of sp³-hybridized carbons (Fsp3) is 0.667. The molecule has 0 aromatic carbocycles. The molecule has 0 unspecified atom stereocenters. The lowest BCUT2D eigenvalue weighted by molar-refractivity contribution is 0.536. The van der Waals surface area contributed by atoms with Crippen molar-refractivity contribution in [3.63, 3.8) is 0 Å². The van der Waals surface area contributed by atoms with Gasteiger partial charge in [0.05, 0.1) is 16.2 Å². The minimum Gasteiger partial charge on any atom is -0.321 e. The molecule has 1 aromatic rings. The van der Waals surface area contributed by atoms with Gasteiger partial charge in [-0.25, -0.2) is 4.98 Å². The summed E-state index contributed by atoms with van der Waals surface area (Å²) < 4.78 is 0. The van der Waals surface area contributed by atoms with E-state index in [1.807, 2.05) is 13.8 Å². The fourth-order valence-corrected chi connectivity index (χ4v) is 1.86. The van der Waals surface area contributed by atoms with Crippen LogP contribution in [0.2, 0.25) is 0 Å². The molecule has 2 N–H and O–H groups in total. The highest BCUT2D eigenvalue weighted by Crippen LogP contribution is 2.24. The van der Waals surface area contributed by atoms with Gasteiger partial charge < -0.3 is 5.73 Å². The van der Waals surface area contributed by atoms with Crippen LogP contribution < -0.4 is 5.73 Å². The Bertz CT molecular complexity index is 258. The van der Waals surface area contributed by atoms with E-state index >= 15 is 0 Å². The Balaban J connectivity index is 2.92. The first-order valence-corrected chi connectivity index (χ1v) is 5.04. The summed E-state index contributed by atoms with van der Waals surface area (Å²) in [6, 6.07) is 0. The summed E-state index contributed by atoms with van der Waals surface area (Å²) in [5, 5.41) is 3.22. The van der Waals surface area contributed by atoms with Crippen molar-refractivity contribution in [3.8, 4) is 0 Å². The number of rotatable bonds is 2. The summed E-state index contributed by atoms with van der Waals surface area (Å²) in [6.07, 6.45) is 0. The molecule has 0 amide bonds. The van der Waals surface area contributed by atoms with E-state index in [2.05, 4.69) is 24.2 Å². The molecule has 1 heterocycles. The number of hydrogen-bond donors (Lipinski definition) is 1. The Kier molecular flexibility index (Phi) is 2.54. The van der Waals surface area contributed by atoms with Crippen molar-refractivity contribution in [2.24, 2.45) is 5.73 Å². The predicted molar refractivity (Wildman–Crippen MR) is 53.4 cm³/mol. The van der Waals surface area contributed by atoms with Crippen LogP contribution in [0.1, 0.15) is 44.3 Å². The zero-order chi connectivity index (χ0) is 9.35. The third-order valence-corrected chi connectivity index (χ3v) is 2.82. The molecule has 12 heavy (non-hydrogen) atoms. The van der Waals surface area contributed by atoms with Crippen molar-refractivity contribution < 1.29 is 0 Å². The zero-order valence-corrected chi connectivity index (χ0v) is 8.90. The number of aromatic nitrogens is 1. The first-order chi connectivity index (χ1) is 5.41. The molecule has 68 valence electrons. The molecule has 2 nitrogen and oxygen atoms in total. The van der Waals surface area contributed by atoms with Crippen molar-refractivity contribution in [1.82, 2.24) is 4.98 Å². The van der Waals surface area contributed by atoms with Crippen LogP contribution in [0, 0.1) is 0 Å². The second-order valence-corrected chi connectivity index (χ2v) is 4.84. The van der Waals surface area contributed by atoms with Gasteiger partial charge in [-0.2, -0.15) is 0 Å². The van der Waals surface area contributed by atoms with Gasteiger partial charge in [-0.1, -0.05) is 13.8 Å². The van der Waals surface area contributed by atoms with Crippen LogP contribution in [0.3, 0.4) is 0 Å². The van der Waals surface area contributed by atoms with Gasteiger partial charge in [0.1, 0.15) is 0 Å². The van der Waals surface area contributed by atoms with Crippen LogP contribution in [0.4, 0.5) is 0 Å². The lowest BCUT2D eigenvalue weighted by atomic mass is 10.0. The minimum absolute atomic E-state index is 0.302. The second-order valence-electron chi connectivity index (χ2n) is 3.95. The molecule has 0 fully saturated rings. The molecule has 1 rings (SSSR count). The average Bonchev–Trinajstić information content (AvgIpc) is 2.30. The van der Waals surface area contributed by atoms with E-state index in [1.54, 1.807) is 11.3 Å². The lowest BCUT2D eigenvalue weighted by Crippen LogP contribution is -2.29. The first kappa shape index (κ1) is 9.68. The maximum atomic E-state index is 5.91. The molecule has 0 radical (unpaired) electrons. The van der Waals surface area contributed by atoms with Crippen LogP contribution in [-0.4, -0.2) is 4.98 Å². The smallest absolute Gasteiger partial charge is 0.0954 e. The molecule has 0 aliphatic heterocycles. The van der Waals surface area contributed by atoms with Crippen LogP contribution in [0.5, 0.6) is 0 Å². The van der Waals surface area contributed by atoms with Gasteiger partial charge in [-0.3, -0.25) is 0 Å². The van der Waals surface area contributed by atoms with Crippen LogP contribution in [0.25, 0.3) is 0 Å². The number of hydrogen-bond acceptors (Lipinski definition) is 3. The SMILES string of the molecule is CC(C)c1nc(C(C)(C)N)cs1. The van der Waals surface area contributed by atoms with E-state index in [4.69, 9.17) is 5.73 Å². The van der Waals surface area contributed by atoms with E-state index in [-0.39, 0.29) is 5.54 Å². The molecular formula is C9H16N2S. The highest BCUT2D eigenvalue weighted by Gasteiger charge is 2.18. The van der Waals surface area contributed by atoms with Gasteiger partial charge in [0.25, 0.3) is 0 Å². The van der Waals surface area contributed by atoms with Crippen molar-refractivity contribution in [2.75, 3.05) is 0 Å². The zero-order valence-electron chi connectivity index (χ0n) is 8.09. The molecule has 0 bridgehead atoms. The molecule has 0 saturated heterocycles. The summed E-state index contributed by atoms with van der Waals surface area (Å²) in [5.41, 5.74) is 6.61. The fourth-order valence-electron chi connectivity index (χ4n) is 0.849. The molecule has 0 aliphatic carbocycles. The Morgan fingerprint density at radius 3 is 2.33 bits per heavy atom. The van der Waals surface area contributed by atoms with Crippen LogP contribution in [0.15, 0.2) is 5.38 Å². The Morgan fingerprint density at radius 2 is 2.08 bits per heavy atom. The predicted octanol–water partition coefficient (Wildman–Crippen LogP) is 2.46. The number of nitrogens with zero attached hydrogens (tertiary/aromatic N) is 1. The summed E-state index contributed by atoms with van der Waals surface area (Å²) in [7, 11) is 0. The second kappa shape index (κ2) is 3.15. The van der Waals surface area contributed by atoms with Gasteiger partial charge >= 0.3 is 0 Å². The van der Waals surface area contributed by atoms with Crippen molar-refractivity contribution in [1.29, 1.82) is 0 Å². The summed E-state index contributed by atoms with van der Waals surface area (Å²) in [4.78, 5) is 4.47. The Hall–Kier alpha value is -0.410. The standard InChI is InChI=1S/C9H16N2S/c1-6(2)8-11-7(5-12-8)9(3,4)10/h5-6H,10H2,1-4H3. The maximum Gasteiger partial charge on any atom is 0.0954 e. The van der Waals surface area contributed by atoms with E-state index in [1.165, 1.54) is 5.01 Å². The molecule has 0 spiro atoms. The van der Waals surface area contributed by atoms with Crippen molar-refractivity contribution in [3.05, 3.63) is 16.1 Å². The van der Waals surface area contributed by atoms with Gasteiger partial charge in [0.15, 0.2) is 0 Å². The lowest BCUT2D eigenvalue weighted by Gasteiger charge is -2.14. The first-order valence-electron chi connectivity index (χ1n) is 4.16. The van der Waals surface area contributed by atoms with E-state index < -0.39 is 0 Å². The van der Waals surface area contributed by atoms with Crippen molar-refractivity contribution >= 4 is 11.3 Å². The van der Waals surface area contributed by atoms with Crippen LogP contribution in [-0.2, 0) is 5.54 Å². The Morgan fingerprint density at radius 1 is 1.50 bits per heavy atom. The molecule has 0 saturated carbocycles. The van der Waals surface area contributed by atoms with Gasteiger partial charge in [0.2, 0.25) is 0 Å². The van der Waals surface area contributed by atoms with Crippen LogP contribution >= 0.6 is 11.3 Å². The molecule has 0 aliphatic rings. The van der Waals surface area contributed by atoms with E-state index in [0.29, 0.717) is 5.92 Å². The van der Waals surface area contributed by atoms with E-state index in [9.17, 15) is 0 Å². The largest absolute Gasteiger partial charge is 0.321 e. The Labute approximate surface area is 77.8 Å². The molecular weight excluding hydrogens is 168 g/mol. The van der Waals surface area contributed by atoms with Gasteiger partial charge in [-0.05, 0) is 13.8 Å². The molecule has 1 aromatic heterocycles. The normalized spacial score (nSPS) is 12.5. The van der Waals surface area contributed by atoms with Gasteiger partial charge in [0, 0.05) is 11.3 Å². The summed E-state index contributed by atoms with van der Waals surface area (Å²) >= 11 is 1.69. The third kappa shape index (κ3) is 2.05. The highest BCUT2D eigenvalue weighted by atomic mass is 32.1. The monoisotopic (exact) mass is 184 g/mol. The summed E-state index contributed by atoms with van der Waals surface area (Å²) in [5.74, 6) is 0.506. The third-order valence-electron chi connectivity index (χ3n) is 1.68. The summed E-state index contributed by atoms with van der Waals surface area (Å²) in [6.45, 7) is 8.25. The maximum absolute atomic E-state index is 5.91. The molecule has 0 atom stereocenters. The topological polar surface area (TPSA) is 38.9 Å². The van der Waals surface area contributed by atoms with Gasteiger partial charge in [-0.15, -0.1) is 11.3 Å². The highest BCUT2D eigenvalue weighted by molar-refractivity contribution is 7.09. The minimum atomic E-state index is -0.302. The quantitative estimate of drug-likeness (QED) is 0.766. The van der Waals surface area contributed by atoms with Crippen molar-refractivity contribution in [2.45, 2.75) is 39.2 Å². The number of thiazole rings is 1. The average molecular weight is 184 g/mol.